The summed E-state index contributed by atoms with van der Waals surface area (Å²) in [6.07, 6.45) is 0. The van der Waals surface area contributed by atoms with Gasteiger partial charge in [-0.25, -0.2) is 4.79 Å². The highest BCUT2D eigenvalue weighted by Gasteiger charge is 2.30. The van der Waals surface area contributed by atoms with Gasteiger partial charge in [0.1, 0.15) is 0 Å². The standard InChI is InChI=1S/C5H9NO4/c1-3(7)6-5(2,10)4(8)9/h10H,1-2H3,(H,6,7)(H,8,9). The van der Waals surface area contributed by atoms with E-state index in [2.05, 4.69) is 0 Å². The molecule has 0 aromatic carbocycles. The van der Waals surface area contributed by atoms with Gasteiger partial charge in [0.05, 0.1) is 0 Å². The van der Waals surface area contributed by atoms with Crippen LogP contribution >= 0.6 is 0 Å². The summed E-state index contributed by atoms with van der Waals surface area (Å²) >= 11 is 0. The molecular formula is C5H9NO4. The van der Waals surface area contributed by atoms with Crippen molar-refractivity contribution in [3.63, 3.8) is 0 Å². The predicted octanol–water partition coefficient (Wildman–Crippen LogP) is -1.08. The molecule has 0 bridgehead atoms. The molecule has 0 aliphatic heterocycles. The van der Waals surface area contributed by atoms with Gasteiger partial charge in [-0.1, -0.05) is 0 Å². The Morgan fingerprint density at radius 3 is 2.00 bits per heavy atom. The fraction of sp³-hybridized carbons (Fsp3) is 0.600. The van der Waals surface area contributed by atoms with Crippen LogP contribution in [0.15, 0.2) is 0 Å². The van der Waals surface area contributed by atoms with E-state index in [-0.39, 0.29) is 0 Å². The van der Waals surface area contributed by atoms with Crippen molar-refractivity contribution in [2.45, 2.75) is 19.6 Å². The van der Waals surface area contributed by atoms with Crippen LogP contribution in [0.3, 0.4) is 0 Å². The van der Waals surface area contributed by atoms with E-state index in [1.165, 1.54) is 0 Å². The van der Waals surface area contributed by atoms with Crippen LogP contribution in [0, 0.1) is 0 Å². The first-order chi connectivity index (χ1) is 4.36. The Morgan fingerprint density at radius 1 is 1.50 bits per heavy atom. The summed E-state index contributed by atoms with van der Waals surface area (Å²) in [6.45, 7) is 2.11. The second kappa shape index (κ2) is 2.66. The molecule has 1 amide bonds. The average molecular weight is 147 g/mol. The van der Waals surface area contributed by atoms with Gasteiger partial charge in [-0.3, -0.25) is 4.79 Å². The van der Waals surface area contributed by atoms with Gasteiger partial charge in [-0.15, -0.1) is 0 Å². The summed E-state index contributed by atoms with van der Waals surface area (Å²) in [6, 6.07) is 0. The molecule has 3 N–H and O–H groups in total. The lowest BCUT2D eigenvalue weighted by molar-refractivity contribution is -0.162. The summed E-state index contributed by atoms with van der Waals surface area (Å²) in [4.78, 5) is 20.3. The number of carbonyl (C=O) groups excluding carboxylic acids is 1. The Hall–Kier alpha value is -1.10. The molecule has 0 saturated heterocycles. The molecule has 5 nitrogen and oxygen atoms in total. The average Bonchev–Trinajstić information content (AvgIpc) is 1.60. The summed E-state index contributed by atoms with van der Waals surface area (Å²) in [5, 5.41) is 18.9. The highest BCUT2D eigenvalue weighted by molar-refractivity contribution is 5.83. The summed E-state index contributed by atoms with van der Waals surface area (Å²) in [7, 11) is 0. The molecule has 0 spiro atoms. The Kier molecular flexibility index (Phi) is 2.36. The van der Waals surface area contributed by atoms with E-state index in [9.17, 15) is 9.59 Å². The van der Waals surface area contributed by atoms with E-state index in [0.29, 0.717) is 0 Å². The molecule has 0 heterocycles. The number of carboxylic acid groups (broad SMARTS) is 1. The van der Waals surface area contributed by atoms with Crippen LogP contribution in [0.4, 0.5) is 0 Å². The van der Waals surface area contributed by atoms with Crippen molar-refractivity contribution in [1.29, 1.82) is 0 Å². The van der Waals surface area contributed by atoms with E-state index in [1.54, 1.807) is 0 Å². The van der Waals surface area contributed by atoms with Crippen LogP contribution in [-0.4, -0.2) is 27.8 Å². The van der Waals surface area contributed by atoms with Crippen LogP contribution < -0.4 is 5.32 Å². The van der Waals surface area contributed by atoms with Crippen LogP contribution in [-0.2, 0) is 9.59 Å². The Labute approximate surface area is 57.7 Å². The Morgan fingerprint density at radius 2 is 1.90 bits per heavy atom. The predicted molar refractivity (Wildman–Crippen MR) is 32.1 cm³/mol. The minimum atomic E-state index is -2.16. The highest BCUT2D eigenvalue weighted by Crippen LogP contribution is 1.96. The van der Waals surface area contributed by atoms with Gasteiger partial charge in [0.2, 0.25) is 11.6 Å². The zero-order chi connectivity index (χ0) is 8.36. The van der Waals surface area contributed by atoms with Crippen molar-refractivity contribution >= 4 is 11.9 Å². The lowest BCUT2D eigenvalue weighted by Gasteiger charge is -2.17. The van der Waals surface area contributed by atoms with Gasteiger partial charge in [0.25, 0.3) is 0 Å². The molecule has 0 fully saturated rings. The maximum Gasteiger partial charge on any atom is 0.356 e. The highest BCUT2D eigenvalue weighted by atomic mass is 16.4. The number of carboxylic acids is 1. The third kappa shape index (κ3) is 2.45. The fourth-order valence-corrected chi connectivity index (χ4v) is 0.396. The molecule has 0 aromatic rings. The van der Waals surface area contributed by atoms with E-state index in [1.807, 2.05) is 5.32 Å². The summed E-state index contributed by atoms with van der Waals surface area (Å²) in [5.74, 6) is -2.07. The lowest BCUT2D eigenvalue weighted by atomic mass is 10.3. The maximum absolute atomic E-state index is 10.2. The zero-order valence-corrected chi connectivity index (χ0v) is 5.71. The molecule has 58 valence electrons. The molecule has 0 aromatic heterocycles. The number of aliphatic carboxylic acids is 1. The molecule has 1 atom stereocenters. The number of rotatable bonds is 2. The van der Waals surface area contributed by atoms with E-state index < -0.39 is 17.6 Å². The molecule has 0 radical (unpaired) electrons. The van der Waals surface area contributed by atoms with Crippen LogP contribution in [0.1, 0.15) is 13.8 Å². The summed E-state index contributed by atoms with van der Waals surface area (Å²) < 4.78 is 0. The zero-order valence-electron chi connectivity index (χ0n) is 5.71. The first-order valence-electron chi connectivity index (χ1n) is 2.61. The topological polar surface area (TPSA) is 86.6 Å². The van der Waals surface area contributed by atoms with Crippen LogP contribution in [0.5, 0.6) is 0 Å². The number of hydrogen-bond acceptors (Lipinski definition) is 3. The van der Waals surface area contributed by atoms with Crippen molar-refractivity contribution in [3.8, 4) is 0 Å². The third-order valence-electron chi connectivity index (χ3n) is 0.836. The molecule has 0 saturated carbocycles. The van der Waals surface area contributed by atoms with Crippen LogP contribution in [0.2, 0.25) is 0 Å². The monoisotopic (exact) mass is 147 g/mol. The molecule has 0 aliphatic rings. The van der Waals surface area contributed by atoms with E-state index in [4.69, 9.17) is 10.2 Å². The van der Waals surface area contributed by atoms with Gasteiger partial charge >= 0.3 is 5.97 Å². The Bertz CT molecular complexity index is 163. The molecular weight excluding hydrogens is 138 g/mol. The lowest BCUT2D eigenvalue weighted by Crippen LogP contribution is -2.51. The van der Waals surface area contributed by atoms with Gasteiger partial charge < -0.3 is 15.5 Å². The fourth-order valence-electron chi connectivity index (χ4n) is 0.396. The molecule has 10 heavy (non-hydrogen) atoms. The molecule has 5 heteroatoms. The number of amides is 1. The maximum atomic E-state index is 10.2. The van der Waals surface area contributed by atoms with Gasteiger partial charge in [-0.05, 0) is 6.92 Å². The molecule has 0 aliphatic carbocycles. The SMILES string of the molecule is CC(=O)NC(C)(O)C(=O)O. The minimum Gasteiger partial charge on any atom is -0.478 e. The molecule has 0 rings (SSSR count). The van der Waals surface area contributed by atoms with Gasteiger partial charge in [0.15, 0.2) is 0 Å². The van der Waals surface area contributed by atoms with Crippen molar-refractivity contribution in [3.05, 3.63) is 0 Å². The number of carbonyl (C=O) groups is 2. The number of hydrogen-bond donors (Lipinski definition) is 3. The first-order valence-corrected chi connectivity index (χ1v) is 2.61. The third-order valence-corrected chi connectivity index (χ3v) is 0.836. The number of aliphatic hydroxyl groups is 1. The molecule has 1 unspecified atom stereocenters. The second-order valence-electron chi connectivity index (χ2n) is 2.06. The van der Waals surface area contributed by atoms with Crippen molar-refractivity contribution < 1.29 is 19.8 Å². The van der Waals surface area contributed by atoms with Crippen LogP contribution in [0.25, 0.3) is 0 Å². The van der Waals surface area contributed by atoms with E-state index >= 15 is 0 Å². The minimum absolute atomic E-state index is 0.590. The quantitative estimate of drug-likeness (QED) is 0.433. The van der Waals surface area contributed by atoms with Crippen molar-refractivity contribution in [2.75, 3.05) is 0 Å². The summed E-state index contributed by atoms with van der Waals surface area (Å²) in [5.41, 5.74) is -2.16. The number of nitrogens with one attached hydrogen (secondary N) is 1. The van der Waals surface area contributed by atoms with E-state index in [0.717, 1.165) is 13.8 Å². The smallest absolute Gasteiger partial charge is 0.356 e. The first kappa shape index (κ1) is 8.90. The van der Waals surface area contributed by atoms with Gasteiger partial charge in [-0.2, -0.15) is 0 Å². The Balaban J connectivity index is 4.13. The van der Waals surface area contributed by atoms with Gasteiger partial charge in [0, 0.05) is 6.92 Å². The largest absolute Gasteiger partial charge is 0.478 e. The van der Waals surface area contributed by atoms with Crippen molar-refractivity contribution in [2.24, 2.45) is 0 Å². The normalized spacial score (nSPS) is 15.5. The van der Waals surface area contributed by atoms with Crippen molar-refractivity contribution in [1.82, 2.24) is 5.32 Å². The second-order valence-corrected chi connectivity index (χ2v) is 2.06.